The molecule has 10 heterocycles. The topological polar surface area (TPSA) is 17.1 Å². The van der Waals surface area contributed by atoms with Crippen molar-refractivity contribution in [2.75, 3.05) is 0 Å². The Balaban J connectivity index is 1.92. The standard InChI is InChI=1S/C10H15.C6H5O.Fe/c1-6-7(2)9(4)10(5)8(6)3;7-5-6-3-1-2-4-6;/h1-5H3;1-5H;. The molecule has 0 radical (unpaired) electrons. The molecular weight excluding hydrogens is 264 g/mol. The number of carbonyl (C=O) groups is 1. The number of hydrogen-bond acceptors (Lipinski definition) is 1. The predicted octanol–water partition coefficient (Wildman–Crippen LogP) is 4.90. The van der Waals surface area contributed by atoms with Crippen molar-refractivity contribution in [3.63, 3.8) is 0 Å². The Hall–Kier alpha value is 0.189. The third kappa shape index (κ3) is 0.0456. The first-order valence-electron chi connectivity index (χ1n) is 7.73. The van der Waals surface area contributed by atoms with Gasteiger partial charge in [0.15, 0.2) is 0 Å². The maximum atomic E-state index is 12.3. The molecule has 4 atom stereocenters. The Morgan fingerprint density at radius 1 is 0.778 bits per heavy atom. The second kappa shape index (κ2) is 0.508. The van der Waals surface area contributed by atoms with Crippen LogP contribution in [0.4, 0.5) is 0 Å². The van der Waals surface area contributed by atoms with Gasteiger partial charge < -0.3 is 0 Å². The molecule has 0 bridgehead atoms. The predicted molar refractivity (Wildman–Crippen MR) is 65.6 cm³/mol. The van der Waals surface area contributed by atoms with Crippen LogP contribution in [-0.4, -0.2) is 6.29 Å². The summed E-state index contributed by atoms with van der Waals surface area (Å²) < 4.78 is 3.99. The van der Waals surface area contributed by atoms with Crippen molar-refractivity contribution in [1.82, 2.24) is 0 Å². The number of hydrogen-bond donors (Lipinski definition) is 0. The van der Waals surface area contributed by atoms with Crippen molar-refractivity contribution in [2.45, 2.75) is 79.8 Å². The van der Waals surface area contributed by atoms with Crippen molar-refractivity contribution in [3.8, 4) is 0 Å². The van der Waals surface area contributed by atoms with Crippen molar-refractivity contribution in [3.05, 3.63) is 0 Å². The summed E-state index contributed by atoms with van der Waals surface area (Å²) in [7, 11) is 0. The molecule has 0 aliphatic carbocycles. The van der Waals surface area contributed by atoms with Gasteiger partial charge in [0.2, 0.25) is 0 Å². The first-order valence-corrected chi connectivity index (χ1v) is 13.6. The van der Waals surface area contributed by atoms with Gasteiger partial charge in [-0.3, -0.25) is 0 Å². The van der Waals surface area contributed by atoms with Gasteiger partial charge in [0, 0.05) is 0 Å². The summed E-state index contributed by atoms with van der Waals surface area (Å²) in [4.78, 5) is 16.7. The van der Waals surface area contributed by atoms with Crippen LogP contribution in [0.5, 0.6) is 0 Å². The van der Waals surface area contributed by atoms with Gasteiger partial charge in [0.05, 0.1) is 0 Å². The van der Waals surface area contributed by atoms with E-state index in [0.717, 1.165) is 31.2 Å². The Labute approximate surface area is 97.4 Å². The number of rotatable bonds is 1. The first kappa shape index (κ1) is 7.27. The second-order valence-corrected chi connectivity index (χ2v) is 35.3. The van der Waals surface area contributed by atoms with Crippen LogP contribution in [0.25, 0.3) is 0 Å². The molecule has 0 aromatic carbocycles. The van der Waals surface area contributed by atoms with Crippen LogP contribution in [-0.2, 0) is 11.3 Å². The molecule has 2 heteroatoms. The molecule has 10 fully saturated rings. The minimum absolute atomic E-state index is 0.367. The monoisotopic (exact) mass is 284 g/mol. The van der Waals surface area contributed by atoms with Crippen LogP contribution in [0, 0.1) is 0 Å². The third-order valence-corrected chi connectivity index (χ3v) is 71.0. The van der Waals surface area contributed by atoms with E-state index in [1.54, 1.807) is 6.29 Å². The van der Waals surface area contributed by atoms with E-state index >= 15 is 0 Å². The quantitative estimate of drug-likeness (QED) is 0.494. The van der Waals surface area contributed by atoms with Crippen LogP contribution in [0.1, 0.15) is 34.6 Å². The fourth-order valence-electron chi connectivity index (χ4n) is 24.2. The zero-order valence-corrected chi connectivity index (χ0v) is 12.8. The van der Waals surface area contributed by atoms with E-state index in [1.165, 1.54) is 9.63 Å². The zero-order chi connectivity index (χ0) is 12.3. The zero-order valence-electron chi connectivity index (χ0n) is 11.6. The molecular formula is C16H20FeO. The van der Waals surface area contributed by atoms with Gasteiger partial charge in [0.25, 0.3) is 0 Å². The Kier molecular flexibility index (Phi) is 0.205. The molecule has 0 aromatic heterocycles. The SMILES string of the molecule is C[C]12[C]3(C)[C]4(C)[C]5(C)[C]1(C)[Fe]23451678[CH]2[CH]1[CH]6[C]7(C=O)[CH]28. The van der Waals surface area contributed by atoms with Gasteiger partial charge in [-0.05, 0) is 0 Å². The molecule has 10 saturated heterocycles. The van der Waals surface area contributed by atoms with Gasteiger partial charge >= 0.3 is 97.4 Å². The van der Waals surface area contributed by atoms with Crippen molar-refractivity contribution < 1.29 is 11.3 Å². The molecule has 1 spiro atoms. The van der Waals surface area contributed by atoms with Crippen LogP contribution in [0.2, 0.25) is 45.1 Å². The number of fused-ring (bicyclic) bond motifs is 10. The fourth-order valence-corrected chi connectivity index (χ4v) is 113. The summed E-state index contributed by atoms with van der Waals surface area (Å²) in [6, 6.07) is 0. The summed E-state index contributed by atoms with van der Waals surface area (Å²) in [5.41, 5.74) is 0. The van der Waals surface area contributed by atoms with Crippen molar-refractivity contribution in [2.24, 2.45) is 0 Å². The average Bonchev–Trinajstić information content (AvgIpc) is 3.30. The summed E-state index contributed by atoms with van der Waals surface area (Å²) in [6.07, 6.45) is 1.59. The van der Waals surface area contributed by atoms with Gasteiger partial charge in [0.1, 0.15) is 0 Å². The van der Waals surface area contributed by atoms with E-state index in [2.05, 4.69) is 34.6 Å². The molecule has 0 N–H and O–H groups in total. The number of carbonyl (C=O) groups excluding carboxylic acids is 1. The molecule has 4 unspecified atom stereocenters. The molecule has 10 aliphatic heterocycles. The molecule has 0 saturated carbocycles. The fraction of sp³-hybridized carbons (Fsp3) is 0.938. The maximum absolute atomic E-state index is 12.3. The van der Waals surface area contributed by atoms with Crippen molar-refractivity contribution in [1.29, 1.82) is 0 Å². The van der Waals surface area contributed by atoms with Gasteiger partial charge in [-0.1, -0.05) is 0 Å². The summed E-state index contributed by atoms with van der Waals surface area (Å²) in [6.45, 7) is 9.85. The van der Waals surface area contributed by atoms with E-state index in [1.807, 2.05) is 0 Å². The average molecular weight is 284 g/mol. The van der Waals surface area contributed by atoms with Gasteiger partial charge in [-0.2, -0.15) is 0 Å². The van der Waals surface area contributed by atoms with E-state index in [-0.39, 0.29) is 0 Å². The second-order valence-electron chi connectivity index (χ2n) is 11.9. The normalized spacial score (nSPS) is 134. The Morgan fingerprint density at radius 2 is 1.11 bits per heavy atom. The van der Waals surface area contributed by atoms with E-state index in [9.17, 15) is 4.79 Å². The third-order valence-electron chi connectivity index (χ3n) is 20.0. The molecule has 0 aromatic rings. The summed E-state index contributed by atoms with van der Waals surface area (Å²) in [5, 5.41) is 0. The van der Waals surface area contributed by atoms with Crippen LogP contribution in [0.3, 0.4) is 0 Å². The molecule has 10 rings (SSSR count). The van der Waals surface area contributed by atoms with Gasteiger partial charge in [-0.25, -0.2) is 0 Å². The van der Waals surface area contributed by atoms with Gasteiger partial charge in [-0.15, -0.1) is 0 Å². The first-order chi connectivity index (χ1) is 8.07. The van der Waals surface area contributed by atoms with Crippen LogP contribution in [0.15, 0.2) is 0 Å². The summed E-state index contributed by atoms with van der Waals surface area (Å²) in [5.74, 6) is 0. The number of aldehydes is 1. The van der Waals surface area contributed by atoms with E-state index in [0.29, 0.717) is 4.31 Å². The molecule has 1 nitrogen and oxygen atoms in total. The van der Waals surface area contributed by atoms with E-state index < -0.39 is 6.51 Å². The molecule has 98 valence electrons. The molecule has 0 amide bonds. The van der Waals surface area contributed by atoms with Crippen molar-refractivity contribution >= 4 is 6.29 Å². The summed E-state index contributed by atoms with van der Waals surface area (Å²) >= 11 is 0. The van der Waals surface area contributed by atoms with Crippen LogP contribution >= 0.6 is 0 Å². The Morgan fingerprint density at radius 3 is 1.17 bits per heavy atom. The van der Waals surface area contributed by atoms with Crippen LogP contribution < -0.4 is 0 Å². The molecule has 18 heavy (non-hydrogen) atoms. The molecule has 10 aliphatic rings. The van der Waals surface area contributed by atoms with E-state index in [4.69, 9.17) is 0 Å². The minimum atomic E-state index is -3.71. The Bertz CT molecular complexity index is 1040.